The van der Waals surface area contributed by atoms with E-state index >= 15 is 0 Å². The highest BCUT2D eigenvalue weighted by Gasteiger charge is 2.46. The summed E-state index contributed by atoms with van der Waals surface area (Å²) in [5, 5.41) is 9.44. The second-order valence-corrected chi connectivity index (χ2v) is 10.0. The molecule has 1 aliphatic rings. The number of fused-ring (bicyclic) bond motifs is 2. The number of hydrogen-bond donors (Lipinski definition) is 1. The first-order chi connectivity index (χ1) is 16.0. The van der Waals surface area contributed by atoms with Gasteiger partial charge in [0.2, 0.25) is 0 Å². The van der Waals surface area contributed by atoms with Crippen molar-refractivity contribution < 1.29 is 13.2 Å². The van der Waals surface area contributed by atoms with Crippen LogP contribution in [0, 0.1) is 0 Å². The molecule has 0 bridgehead atoms. The van der Waals surface area contributed by atoms with Gasteiger partial charge in [0.25, 0.3) is 0 Å². The van der Waals surface area contributed by atoms with E-state index in [1.54, 1.807) is 10.5 Å². The first-order valence-electron chi connectivity index (χ1n) is 11.3. The number of benzene rings is 1. The Hall–Kier alpha value is -2.46. The molecule has 1 saturated heterocycles. The van der Waals surface area contributed by atoms with E-state index < -0.39 is 12.2 Å². The van der Waals surface area contributed by atoms with Crippen molar-refractivity contribution in [3.05, 3.63) is 59.8 Å². The van der Waals surface area contributed by atoms with Gasteiger partial charge in [0.1, 0.15) is 11.7 Å². The Kier molecular flexibility index (Phi) is 7.91. The second-order valence-electron chi connectivity index (χ2n) is 10.0. The SMILES string of the molecule is CC(C)(C)c1cccc2ccc(-c3nnc4ccc([C@@H](N5CCC(N)C5)C(F)(F)F)cn34)nc12.Cl.Cl. The van der Waals surface area contributed by atoms with Crippen LogP contribution < -0.4 is 5.73 Å². The molecule has 1 unspecified atom stereocenters. The highest BCUT2D eigenvalue weighted by atomic mass is 35.5. The number of para-hydroxylation sites is 1. The fourth-order valence-corrected chi connectivity index (χ4v) is 4.78. The van der Waals surface area contributed by atoms with Gasteiger partial charge in [-0.25, -0.2) is 4.98 Å². The molecular formula is C25H29Cl2F3N6. The molecular weight excluding hydrogens is 512 g/mol. The monoisotopic (exact) mass is 540 g/mol. The molecule has 1 aliphatic heterocycles. The molecule has 5 rings (SSSR count). The lowest BCUT2D eigenvalue weighted by molar-refractivity contribution is -0.183. The zero-order chi connectivity index (χ0) is 24.3. The van der Waals surface area contributed by atoms with Crippen LogP contribution in [-0.4, -0.2) is 49.8 Å². The molecule has 0 aliphatic carbocycles. The lowest BCUT2D eigenvalue weighted by Gasteiger charge is -2.30. The molecule has 1 aromatic carbocycles. The van der Waals surface area contributed by atoms with Crippen LogP contribution in [0.15, 0.2) is 48.7 Å². The third-order valence-electron chi connectivity index (χ3n) is 6.43. The Bertz CT molecular complexity index is 1370. The van der Waals surface area contributed by atoms with Gasteiger partial charge in [-0.1, -0.05) is 51.1 Å². The number of rotatable bonds is 3. The van der Waals surface area contributed by atoms with Crippen molar-refractivity contribution in [1.29, 1.82) is 0 Å². The van der Waals surface area contributed by atoms with Gasteiger partial charge in [-0.05, 0) is 35.1 Å². The fourth-order valence-electron chi connectivity index (χ4n) is 4.78. The summed E-state index contributed by atoms with van der Waals surface area (Å²) in [4.78, 5) is 6.27. The van der Waals surface area contributed by atoms with Gasteiger partial charge >= 0.3 is 6.18 Å². The summed E-state index contributed by atoms with van der Waals surface area (Å²) in [5.74, 6) is 0.404. The molecule has 4 aromatic rings. The van der Waals surface area contributed by atoms with E-state index in [0.717, 1.165) is 16.5 Å². The minimum atomic E-state index is -4.44. The average molecular weight is 541 g/mol. The zero-order valence-corrected chi connectivity index (χ0v) is 21.8. The van der Waals surface area contributed by atoms with Crippen molar-refractivity contribution in [2.45, 2.75) is 50.9 Å². The molecule has 3 aromatic heterocycles. The highest BCUT2D eigenvalue weighted by Crippen LogP contribution is 2.39. The van der Waals surface area contributed by atoms with Crippen LogP contribution in [0.5, 0.6) is 0 Å². The lowest BCUT2D eigenvalue weighted by atomic mass is 9.85. The topological polar surface area (TPSA) is 72.3 Å². The van der Waals surface area contributed by atoms with E-state index in [0.29, 0.717) is 30.1 Å². The predicted octanol–water partition coefficient (Wildman–Crippen LogP) is 5.72. The number of pyridine rings is 2. The van der Waals surface area contributed by atoms with Gasteiger partial charge in [0.05, 0.1) is 5.52 Å². The maximum absolute atomic E-state index is 14.1. The number of likely N-dealkylation sites (tertiary alicyclic amines) is 1. The minimum Gasteiger partial charge on any atom is -0.326 e. The van der Waals surface area contributed by atoms with Crippen molar-refractivity contribution >= 4 is 41.4 Å². The van der Waals surface area contributed by atoms with Crippen LogP contribution in [0.2, 0.25) is 0 Å². The zero-order valence-electron chi connectivity index (χ0n) is 20.2. The second kappa shape index (κ2) is 10.1. The summed E-state index contributed by atoms with van der Waals surface area (Å²) in [5.41, 5.74) is 8.86. The summed E-state index contributed by atoms with van der Waals surface area (Å²) < 4.78 is 44.0. The summed E-state index contributed by atoms with van der Waals surface area (Å²) in [7, 11) is 0. The first kappa shape index (κ1) is 28.1. The molecule has 36 heavy (non-hydrogen) atoms. The maximum atomic E-state index is 14.1. The van der Waals surface area contributed by atoms with E-state index in [1.807, 2.05) is 30.3 Å². The Balaban J connectivity index is 0.00000180. The summed E-state index contributed by atoms with van der Waals surface area (Å²) in [6, 6.07) is 10.9. The third-order valence-corrected chi connectivity index (χ3v) is 6.43. The molecule has 2 N–H and O–H groups in total. The predicted molar refractivity (Wildman–Crippen MR) is 140 cm³/mol. The molecule has 0 saturated carbocycles. The molecule has 0 amide bonds. The van der Waals surface area contributed by atoms with Crippen LogP contribution in [0.1, 0.15) is 44.4 Å². The van der Waals surface area contributed by atoms with Crippen molar-refractivity contribution in [3.8, 4) is 11.5 Å². The van der Waals surface area contributed by atoms with Crippen molar-refractivity contribution in [2.24, 2.45) is 5.73 Å². The number of halogens is 5. The van der Waals surface area contributed by atoms with Crippen molar-refractivity contribution in [2.75, 3.05) is 13.1 Å². The van der Waals surface area contributed by atoms with Gasteiger partial charge in [0, 0.05) is 30.7 Å². The molecule has 1 fully saturated rings. The van der Waals surface area contributed by atoms with Crippen molar-refractivity contribution in [3.63, 3.8) is 0 Å². The number of aromatic nitrogens is 4. The van der Waals surface area contributed by atoms with Gasteiger partial charge in [-0.2, -0.15) is 13.2 Å². The number of nitrogens with two attached hydrogens (primary N) is 1. The van der Waals surface area contributed by atoms with E-state index in [9.17, 15) is 13.2 Å². The average Bonchev–Trinajstić information content (AvgIpc) is 3.37. The maximum Gasteiger partial charge on any atom is 0.408 e. The summed E-state index contributed by atoms with van der Waals surface area (Å²) >= 11 is 0. The normalized spacial score (nSPS) is 17.7. The first-order valence-corrected chi connectivity index (χ1v) is 11.3. The van der Waals surface area contributed by atoms with E-state index in [-0.39, 0.29) is 48.4 Å². The molecule has 6 nitrogen and oxygen atoms in total. The molecule has 0 spiro atoms. The Labute approximate surface area is 219 Å². The Morgan fingerprint density at radius 1 is 1.00 bits per heavy atom. The van der Waals surface area contributed by atoms with Crippen molar-refractivity contribution in [1.82, 2.24) is 24.5 Å². The standard InChI is InChI=1S/C25H27F3N6.2ClH/c1-24(2,3)18-6-4-5-15-7-9-19(30-21(15)18)23-32-31-20-10-8-16(13-34(20)23)22(25(26,27)28)33-12-11-17(29)14-33;;/h4-10,13,17,22H,11-12,14,29H2,1-3H3;2*1H/t17?,22-;;/m1../s1. The fraction of sp³-hybridized carbons (Fsp3) is 0.400. The van der Waals surface area contributed by atoms with Crippen LogP contribution in [0.3, 0.4) is 0 Å². The molecule has 194 valence electrons. The van der Waals surface area contributed by atoms with Gasteiger partial charge in [-0.3, -0.25) is 9.30 Å². The van der Waals surface area contributed by atoms with E-state index in [4.69, 9.17) is 10.7 Å². The smallest absolute Gasteiger partial charge is 0.326 e. The largest absolute Gasteiger partial charge is 0.408 e. The minimum absolute atomic E-state index is 0. The molecule has 11 heteroatoms. The third kappa shape index (κ3) is 5.16. The van der Waals surface area contributed by atoms with Gasteiger partial charge in [0.15, 0.2) is 11.5 Å². The molecule has 4 heterocycles. The Morgan fingerprint density at radius 2 is 1.75 bits per heavy atom. The van der Waals surface area contributed by atoms with Crippen LogP contribution >= 0.6 is 24.8 Å². The summed E-state index contributed by atoms with van der Waals surface area (Å²) in [6.07, 6.45) is -2.41. The van der Waals surface area contributed by atoms with Crippen LogP contribution in [0.4, 0.5) is 13.2 Å². The van der Waals surface area contributed by atoms with Crippen LogP contribution in [0.25, 0.3) is 28.1 Å². The van der Waals surface area contributed by atoms with E-state index in [2.05, 4.69) is 31.0 Å². The van der Waals surface area contributed by atoms with Gasteiger partial charge in [-0.15, -0.1) is 35.0 Å². The Morgan fingerprint density at radius 3 is 2.39 bits per heavy atom. The highest BCUT2D eigenvalue weighted by molar-refractivity contribution is 5.86. The van der Waals surface area contributed by atoms with Crippen LogP contribution in [-0.2, 0) is 5.41 Å². The summed E-state index contributed by atoms with van der Waals surface area (Å²) in [6.45, 7) is 6.88. The molecule has 0 radical (unpaired) electrons. The van der Waals surface area contributed by atoms with Gasteiger partial charge < -0.3 is 5.73 Å². The lowest BCUT2D eigenvalue weighted by Crippen LogP contribution is -2.38. The number of nitrogens with zero attached hydrogens (tertiary/aromatic N) is 5. The molecule has 2 atom stereocenters. The number of alkyl halides is 3. The number of hydrogen-bond acceptors (Lipinski definition) is 5. The quantitative estimate of drug-likeness (QED) is 0.359. The van der Waals surface area contributed by atoms with E-state index in [1.165, 1.54) is 17.2 Å².